The molecule has 0 fully saturated rings. The molecule has 1 aromatic heterocycles. The molecule has 23 heavy (non-hydrogen) atoms. The molecule has 0 saturated carbocycles. The van der Waals surface area contributed by atoms with Crippen molar-refractivity contribution in [1.29, 1.82) is 0 Å². The molecular weight excluding hydrogens is 342 g/mol. The van der Waals surface area contributed by atoms with Crippen molar-refractivity contribution in [1.82, 2.24) is 9.29 Å². The van der Waals surface area contributed by atoms with Crippen molar-refractivity contribution in [2.45, 2.75) is 6.42 Å². The molecule has 0 spiro atoms. The van der Waals surface area contributed by atoms with E-state index in [1.807, 2.05) is 0 Å². The highest BCUT2D eigenvalue weighted by Crippen LogP contribution is 2.41. The molecule has 7 nitrogen and oxygen atoms in total. The van der Waals surface area contributed by atoms with Gasteiger partial charge in [-0.1, -0.05) is 17.7 Å². The monoisotopic (exact) mass is 353 g/mol. The summed E-state index contributed by atoms with van der Waals surface area (Å²) in [6, 6.07) is 4.89. The zero-order valence-corrected chi connectivity index (χ0v) is 13.5. The smallest absolute Gasteiger partial charge is 0.277 e. The number of hydrogen-bond acceptors (Lipinski definition) is 5. The number of halogens is 1. The second-order valence-corrected chi connectivity index (χ2v) is 7.37. The summed E-state index contributed by atoms with van der Waals surface area (Å²) in [7, 11) is -2.74. The van der Waals surface area contributed by atoms with Gasteiger partial charge < -0.3 is 10.4 Å². The van der Waals surface area contributed by atoms with E-state index in [0.29, 0.717) is 0 Å². The fourth-order valence-corrected chi connectivity index (χ4v) is 4.17. The Morgan fingerprint density at radius 2 is 2.17 bits per heavy atom. The van der Waals surface area contributed by atoms with E-state index in [9.17, 15) is 18.3 Å². The molecule has 1 aliphatic carbocycles. The second kappa shape index (κ2) is 5.39. The molecule has 0 bridgehead atoms. The van der Waals surface area contributed by atoms with Gasteiger partial charge in [-0.3, -0.25) is 9.10 Å². The Morgan fingerprint density at radius 1 is 1.43 bits per heavy atom. The van der Waals surface area contributed by atoms with Gasteiger partial charge in [0, 0.05) is 30.3 Å². The van der Waals surface area contributed by atoms with Crippen LogP contribution >= 0.6 is 11.6 Å². The molecule has 3 rings (SSSR count). The highest BCUT2D eigenvalue weighted by atomic mass is 35.5. The molecule has 1 amide bonds. The van der Waals surface area contributed by atoms with Crippen LogP contribution in [0.15, 0.2) is 57.4 Å². The number of allylic oxidation sites excluding steroid dienone is 3. The fourth-order valence-electron chi connectivity index (χ4n) is 2.39. The zero-order chi connectivity index (χ0) is 16.8. The number of sulfonamides is 1. The average molecular weight is 354 g/mol. The summed E-state index contributed by atoms with van der Waals surface area (Å²) in [5.74, 6) is -0.939. The van der Waals surface area contributed by atoms with Gasteiger partial charge >= 0.3 is 0 Å². The van der Waals surface area contributed by atoms with Gasteiger partial charge in [-0.2, -0.15) is 0 Å². The third-order valence-electron chi connectivity index (χ3n) is 3.52. The highest BCUT2D eigenvalue weighted by Gasteiger charge is 2.41. The Bertz CT molecular complexity index is 888. The molecule has 0 unspecified atom stereocenters. The Labute approximate surface area is 137 Å². The molecular formula is C14H12ClN3O4S. The first-order valence-electron chi connectivity index (χ1n) is 6.56. The zero-order valence-electron chi connectivity index (χ0n) is 11.9. The lowest BCUT2D eigenvalue weighted by Gasteiger charge is -2.27. The number of amides is 1. The summed E-state index contributed by atoms with van der Waals surface area (Å²) in [6.07, 6.45) is 2.83. The van der Waals surface area contributed by atoms with E-state index in [4.69, 9.17) is 11.6 Å². The molecule has 0 radical (unpaired) electrons. The van der Waals surface area contributed by atoms with Crippen molar-refractivity contribution in [2.24, 2.45) is 0 Å². The summed E-state index contributed by atoms with van der Waals surface area (Å²) < 4.78 is 25.7. The van der Waals surface area contributed by atoms with Crippen LogP contribution in [0.3, 0.4) is 0 Å². The van der Waals surface area contributed by atoms with Gasteiger partial charge in [0.1, 0.15) is 5.82 Å². The number of carbonyl (C=O) groups is 1. The van der Waals surface area contributed by atoms with E-state index in [2.05, 4.69) is 10.3 Å². The molecule has 2 heterocycles. The lowest BCUT2D eigenvalue weighted by atomic mass is 10.1. The standard InChI is InChI=1S/C14H12ClN3O4S/c1-18-12(14(20)17-11-4-2-3-5-16-11)13(19)9-6-8(15)7-10(9)23(18,21)22/h2-5,7,19H,6H2,1H3,(H,16,17,20). The minimum atomic E-state index is -3.94. The maximum atomic E-state index is 12.5. The van der Waals surface area contributed by atoms with Crippen molar-refractivity contribution < 1.29 is 18.3 Å². The van der Waals surface area contributed by atoms with Crippen LogP contribution in [0, 0.1) is 0 Å². The summed E-state index contributed by atoms with van der Waals surface area (Å²) in [5, 5.41) is 13.1. The van der Waals surface area contributed by atoms with Gasteiger partial charge in [0.05, 0.1) is 4.91 Å². The Kier molecular flexibility index (Phi) is 3.65. The van der Waals surface area contributed by atoms with E-state index in [-0.39, 0.29) is 33.4 Å². The van der Waals surface area contributed by atoms with Gasteiger partial charge in [0.15, 0.2) is 11.5 Å². The average Bonchev–Trinajstić information content (AvgIpc) is 2.90. The van der Waals surface area contributed by atoms with Crippen molar-refractivity contribution >= 4 is 33.3 Å². The summed E-state index contributed by atoms with van der Waals surface area (Å²) >= 11 is 5.88. The van der Waals surface area contributed by atoms with E-state index in [1.165, 1.54) is 19.3 Å². The third kappa shape index (κ3) is 2.49. The van der Waals surface area contributed by atoms with Crippen LogP contribution in [0.4, 0.5) is 5.82 Å². The molecule has 0 aromatic carbocycles. The van der Waals surface area contributed by atoms with Crippen molar-refractivity contribution in [3.63, 3.8) is 0 Å². The third-order valence-corrected chi connectivity index (χ3v) is 5.58. The van der Waals surface area contributed by atoms with E-state index >= 15 is 0 Å². The summed E-state index contributed by atoms with van der Waals surface area (Å²) in [6.45, 7) is 0. The predicted molar refractivity (Wildman–Crippen MR) is 84.8 cm³/mol. The van der Waals surface area contributed by atoms with Gasteiger partial charge in [0.25, 0.3) is 15.9 Å². The Balaban J connectivity index is 2.03. The first-order chi connectivity index (χ1) is 10.8. The summed E-state index contributed by atoms with van der Waals surface area (Å²) in [5.41, 5.74) is -0.242. The Hall–Kier alpha value is -2.32. The predicted octanol–water partition coefficient (Wildman–Crippen LogP) is 1.85. The van der Waals surface area contributed by atoms with Crippen LogP contribution in [0.25, 0.3) is 0 Å². The molecule has 1 aliphatic heterocycles. The van der Waals surface area contributed by atoms with Gasteiger partial charge in [-0.15, -0.1) is 0 Å². The maximum absolute atomic E-state index is 12.5. The van der Waals surface area contributed by atoms with Crippen LogP contribution in [0.5, 0.6) is 0 Å². The maximum Gasteiger partial charge on any atom is 0.277 e. The molecule has 2 aliphatic rings. The number of rotatable bonds is 2. The largest absolute Gasteiger partial charge is 0.505 e. The van der Waals surface area contributed by atoms with E-state index in [0.717, 1.165) is 4.31 Å². The van der Waals surface area contributed by atoms with Crippen LogP contribution in [0.2, 0.25) is 0 Å². The van der Waals surface area contributed by atoms with Crippen molar-refractivity contribution in [3.05, 3.63) is 57.4 Å². The quantitative estimate of drug-likeness (QED) is 0.845. The first kappa shape index (κ1) is 15.6. The van der Waals surface area contributed by atoms with Crippen LogP contribution < -0.4 is 5.32 Å². The lowest BCUT2D eigenvalue weighted by molar-refractivity contribution is -0.114. The number of nitrogens with zero attached hydrogens (tertiary/aromatic N) is 2. The molecule has 9 heteroatoms. The minimum Gasteiger partial charge on any atom is -0.505 e. The minimum absolute atomic E-state index is 0.0656. The molecule has 0 atom stereocenters. The molecule has 1 aromatic rings. The Morgan fingerprint density at radius 3 is 2.83 bits per heavy atom. The number of nitrogens with one attached hydrogen (secondary N) is 1. The number of aliphatic hydroxyl groups is 1. The number of hydrogen-bond donors (Lipinski definition) is 2. The van der Waals surface area contributed by atoms with Crippen LogP contribution in [-0.2, 0) is 14.8 Å². The molecule has 0 saturated heterocycles. The van der Waals surface area contributed by atoms with Crippen molar-refractivity contribution in [2.75, 3.05) is 12.4 Å². The van der Waals surface area contributed by atoms with Crippen molar-refractivity contribution in [3.8, 4) is 0 Å². The number of carbonyl (C=O) groups excluding carboxylic acids is 1. The number of pyridine rings is 1. The molecule has 2 N–H and O–H groups in total. The molecule has 120 valence electrons. The van der Waals surface area contributed by atoms with Crippen LogP contribution in [0.1, 0.15) is 6.42 Å². The number of aliphatic hydroxyl groups excluding tert-OH is 1. The first-order valence-corrected chi connectivity index (χ1v) is 8.38. The van der Waals surface area contributed by atoms with E-state index < -0.39 is 21.7 Å². The number of likely N-dealkylation sites (N-methyl/N-ethyl adjacent to an activating group) is 1. The van der Waals surface area contributed by atoms with Crippen LogP contribution in [-0.4, -0.2) is 35.8 Å². The highest BCUT2D eigenvalue weighted by molar-refractivity contribution is 7.93. The normalized spacial score (nSPS) is 19.6. The lowest BCUT2D eigenvalue weighted by Crippen LogP contribution is -2.37. The summed E-state index contributed by atoms with van der Waals surface area (Å²) in [4.78, 5) is 16.2. The van der Waals surface area contributed by atoms with Gasteiger partial charge in [-0.05, 0) is 18.2 Å². The fraction of sp³-hybridized carbons (Fsp3) is 0.143. The number of anilines is 1. The van der Waals surface area contributed by atoms with Gasteiger partial charge in [-0.25, -0.2) is 13.4 Å². The van der Waals surface area contributed by atoms with E-state index in [1.54, 1.807) is 18.2 Å². The topological polar surface area (TPSA) is 99.6 Å². The number of aromatic nitrogens is 1. The SMILES string of the molecule is CN1C(C(=O)Nc2ccccn2)=C(O)C2=C(C=C(Cl)C2)S1(=O)=O. The second-order valence-electron chi connectivity index (χ2n) is 4.95. The van der Waals surface area contributed by atoms with Gasteiger partial charge in [0.2, 0.25) is 0 Å².